The molecule has 0 amide bonds. The minimum absolute atomic E-state index is 0. The third-order valence-corrected chi connectivity index (χ3v) is 5.09. The molecule has 2 nitrogen and oxygen atoms in total. The average molecular weight is 348 g/mol. The Hall–Kier alpha value is -1.82. The summed E-state index contributed by atoms with van der Waals surface area (Å²) < 4.78 is 0. The molecule has 0 aliphatic carbocycles. The van der Waals surface area contributed by atoms with Crippen LogP contribution >= 0.6 is 0 Å². The molecule has 0 aromatic heterocycles. The number of benzene rings is 3. The Bertz CT molecular complexity index is 753. The first kappa shape index (κ1) is 19.9. The van der Waals surface area contributed by atoms with Crippen LogP contribution in [0.4, 0.5) is 0 Å². The van der Waals surface area contributed by atoms with E-state index in [1.54, 1.807) is 0 Å². The molecule has 0 N–H and O–H groups in total. The zero-order valence-corrected chi connectivity index (χ0v) is 16.0. The summed E-state index contributed by atoms with van der Waals surface area (Å²) in [6, 6.07) is 32.6. The fourth-order valence-electron chi connectivity index (χ4n) is 3.77. The molecule has 3 heteroatoms. The zero-order chi connectivity index (χ0) is 17.6. The van der Waals surface area contributed by atoms with Gasteiger partial charge in [-0.3, -0.25) is 0 Å². The van der Waals surface area contributed by atoms with Crippen molar-refractivity contribution in [2.75, 3.05) is 13.1 Å². The van der Waals surface area contributed by atoms with Crippen molar-refractivity contribution < 1.29 is 18.9 Å². The van der Waals surface area contributed by atoms with Gasteiger partial charge in [-0.05, 0) is 18.7 Å². The SMILES string of the molecule is [Li+].c1ccc(CN2CCC([N-]C(c3ccccc3)c3ccccc3)C2)cc1. The Morgan fingerprint density at radius 3 is 1.85 bits per heavy atom. The van der Waals surface area contributed by atoms with Crippen molar-refractivity contribution in [2.24, 2.45) is 0 Å². The molecule has 1 saturated heterocycles. The summed E-state index contributed by atoms with van der Waals surface area (Å²) in [6.07, 6.45) is 1.14. The summed E-state index contributed by atoms with van der Waals surface area (Å²) in [6.45, 7) is 3.19. The van der Waals surface area contributed by atoms with Crippen LogP contribution in [0.15, 0.2) is 91.0 Å². The van der Waals surface area contributed by atoms with Crippen LogP contribution < -0.4 is 18.9 Å². The molecule has 1 fully saturated rings. The van der Waals surface area contributed by atoms with Gasteiger partial charge in [0.2, 0.25) is 0 Å². The van der Waals surface area contributed by atoms with Crippen molar-refractivity contribution >= 4 is 0 Å². The van der Waals surface area contributed by atoms with Crippen LogP contribution in [0.25, 0.3) is 5.32 Å². The molecule has 4 rings (SSSR count). The van der Waals surface area contributed by atoms with Crippen molar-refractivity contribution in [3.63, 3.8) is 0 Å². The molecule has 1 aliphatic heterocycles. The Labute approximate surface area is 174 Å². The summed E-state index contributed by atoms with van der Waals surface area (Å²) in [7, 11) is 0. The van der Waals surface area contributed by atoms with E-state index in [9.17, 15) is 0 Å². The van der Waals surface area contributed by atoms with Crippen LogP contribution in [0.1, 0.15) is 29.2 Å². The normalized spacial score (nSPS) is 17.0. The molecular formula is C24H25LiN2. The molecule has 0 bridgehead atoms. The molecule has 1 heterocycles. The maximum absolute atomic E-state index is 5.27. The van der Waals surface area contributed by atoms with E-state index in [2.05, 4.69) is 95.9 Å². The van der Waals surface area contributed by atoms with Gasteiger partial charge >= 0.3 is 18.9 Å². The van der Waals surface area contributed by atoms with Crippen LogP contribution in [0.5, 0.6) is 0 Å². The third kappa shape index (κ3) is 5.34. The minimum atomic E-state index is 0. The number of hydrogen-bond acceptors (Lipinski definition) is 1. The van der Waals surface area contributed by atoms with E-state index >= 15 is 0 Å². The standard InChI is InChI=1S/C24H25N2.Li/c1-4-10-20(11-5-1)18-26-17-16-23(19-26)25-24(21-12-6-2-7-13-21)22-14-8-3-9-15-22;/h1-15,23-24H,16-19H2;/q-1;+1. The summed E-state index contributed by atoms with van der Waals surface area (Å²) in [5.74, 6) is 0. The van der Waals surface area contributed by atoms with Gasteiger partial charge in [-0.1, -0.05) is 115 Å². The van der Waals surface area contributed by atoms with Crippen LogP contribution in [0.3, 0.4) is 0 Å². The third-order valence-electron chi connectivity index (χ3n) is 5.09. The Kier molecular flexibility index (Phi) is 7.32. The maximum Gasteiger partial charge on any atom is 1.00 e. The Balaban J connectivity index is 0.00000210. The molecule has 0 saturated carbocycles. The Morgan fingerprint density at radius 1 is 0.778 bits per heavy atom. The van der Waals surface area contributed by atoms with Gasteiger partial charge in [0, 0.05) is 6.54 Å². The van der Waals surface area contributed by atoms with Gasteiger partial charge in [-0.25, -0.2) is 0 Å². The Morgan fingerprint density at radius 2 is 1.30 bits per heavy atom. The van der Waals surface area contributed by atoms with Crippen molar-refractivity contribution in [2.45, 2.75) is 25.0 Å². The largest absolute Gasteiger partial charge is 1.00 e. The minimum Gasteiger partial charge on any atom is -0.648 e. The van der Waals surface area contributed by atoms with Crippen molar-refractivity contribution in [3.8, 4) is 0 Å². The second kappa shape index (κ2) is 9.92. The molecule has 3 aromatic carbocycles. The number of hydrogen-bond donors (Lipinski definition) is 0. The molecule has 132 valence electrons. The summed E-state index contributed by atoms with van der Waals surface area (Å²) in [4.78, 5) is 2.52. The zero-order valence-electron chi connectivity index (χ0n) is 16.0. The summed E-state index contributed by atoms with van der Waals surface area (Å²) >= 11 is 0. The first-order valence-electron chi connectivity index (χ1n) is 9.44. The van der Waals surface area contributed by atoms with E-state index in [0.29, 0.717) is 6.04 Å². The summed E-state index contributed by atoms with van der Waals surface area (Å²) in [5.41, 5.74) is 3.94. The first-order valence-corrected chi connectivity index (χ1v) is 9.44. The first-order chi connectivity index (χ1) is 12.9. The van der Waals surface area contributed by atoms with Crippen LogP contribution in [-0.4, -0.2) is 24.0 Å². The van der Waals surface area contributed by atoms with Gasteiger partial charge in [-0.15, -0.1) is 6.04 Å². The molecule has 0 spiro atoms. The average Bonchev–Trinajstić information content (AvgIpc) is 3.15. The van der Waals surface area contributed by atoms with E-state index in [0.717, 1.165) is 26.1 Å². The second-order valence-electron chi connectivity index (χ2n) is 7.04. The van der Waals surface area contributed by atoms with E-state index in [4.69, 9.17) is 5.32 Å². The molecule has 27 heavy (non-hydrogen) atoms. The van der Waals surface area contributed by atoms with Gasteiger partial charge in [0.1, 0.15) is 0 Å². The van der Waals surface area contributed by atoms with Crippen molar-refractivity contribution in [1.29, 1.82) is 0 Å². The van der Waals surface area contributed by atoms with Gasteiger partial charge in [-0.2, -0.15) is 0 Å². The molecule has 1 unspecified atom stereocenters. The monoisotopic (exact) mass is 348 g/mol. The van der Waals surface area contributed by atoms with Gasteiger partial charge in [0.25, 0.3) is 0 Å². The number of nitrogens with zero attached hydrogens (tertiary/aromatic N) is 2. The fourth-order valence-corrected chi connectivity index (χ4v) is 3.77. The molecule has 1 atom stereocenters. The smallest absolute Gasteiger partial charge is 0.648 e. The van der Waals surface area contributed by atoms with E-state index < -0.39 is 0 Å². The molecule has 0 radical (unpaired) electrons. The van der Waals surface area contributed by atoms with E-state index in [1.165, 1.54) is 16.7 Å². The van der Waals surface area contributed by atoms with Crippen LogP contribution in [-0.2, 0) is 6.54 Å². The van der Waals surface area contributed by atoms with Gasteiger partial charge in [0.05, 0.1) is 0 Å². The number of rotatable bonds is 6. The van der Waals surface area contributed by atoms with Crippen LogP contribution in [0.2, 0.25) is 0 Å². The topological polar surface area (TPSA) is 17.3 Å². The second-order valence-corrected chi connectivity index (χ2v) is 7.04. The van der Waals surface area contributed by atoms with Gasteiger partial charge in [0.15, 0.2) is 0 Å². The summed E-state index contributed by atoms with van der Waals surface area (Å²) in [5, 5.41) is 5.27. The van der Waals surface area contributed by atoms with E-state index in [-0.39, 0.29) is 24.9 Å². The van der Waals surface area contributed by atoms with E-state index in [1.807, 2.05) is 0 Å². The quantitative estimate of drug-likeness (QED) is 0.626. The number of likely N-dealkylation sites (tertiary alicyclic amines) is 1. The molecular weight excluding hydrogens is 323 g/mol. The predicted molar refractivity (Wildman–Crippen MR) is 108 cm³/mol. The predicted octanol–water partition coefficient (Wildman–Crippen LogP) is 2.43. The van der Waals surface area contributed by atoms with Crippen LogP contribution in [0, 0.1) is 0 Å². The van der Waals surface area contributed by atoms with Crippen molar-refractivity contribution in [1.82, 2.24) is 4.90 Å². The van der Waals surface area contributed by atoms with Gasteiger partial charge < -0.3 is 10.2 Å². The molecule has 3 aromatic rings. The molecule has 1 aliphatic rings. The fraction of sp³-hybridized carbons (Fsp3) is 0.250. The van der Waals surface area contributed by atoms with Crippen molar-refractivity contribution in [3.05, 3.63) is 113 Å². The maximum atomic E-state index is 5.27.